The normalized spacial score (nSPS) is 18.8. The summed E-state index contributed by atoms with van der Waals surface area (Å²) < 4.78 is 0. The number of allylic oxidation sites excluding steroid dienone is 6. The molecule has 2 aromatic carbocycles. The second-order valence-electron chi connectivity index (χ2n) is 7.51. The van der Waals surface area contributed by atoms with Gasteiger partial charge in [0.1, 0.15) is 0 Å². The molecule has 0 aromatic heterocycles. The Hall–Kier alpha value is -4.31. The van der Waals surface area contributed by atoms with E-state index in [4.69, 9.17) is 11.1 Å². The fourth-order valence-electron chi connectivity index (χ4n) is 3.46. The van der Waals surface area contributed by atoms with Crippen molar-refractivity contribution in [1.82, 2.24) is 0 Å². The second kappa shape index (κ2) is 11.2. The summed E-state index contributed by atoms with van der Waals surface area (Å²) in [5.41, 5.74) is 21.6. The van der Waals surface area contributed by atoms with Gasteiger partial charge in [0, 0.05) is 32.3 Å². The number of carbonyl (C=O) groups excluding carboxylic acids is 1. The SMILES string of the molecule is CC1CC(=CC=Cc2ccc(N=[N+]=[N-])cc2)C(=O)C(=CC=Cc2ccc(N=[N+]=[N-])cc2)C1. The summed E-state index contributed by atoms with van der Waals surface area (Å²) in [7, 11) is 0. The minimum Gasteiger partial charge on any atom is -0.289 e. The predicted molar refractivity (Wildman–Crippen MR) is 128 cm³/mol. The van der Waals surface area contributed by atoms with Crippen molar-refractivity contribution in [2.45, 2.75) is 19.8 Å². The molecule has 158 valence electrons. The molecule has 7 nitrogen and oxygen atoms in total. The number of carbonyl (C=O) groups is 1. The molecule has 0 spiro atoms. The van der Waals surface area contributed by atoms with Gasteiger partial charge in [0.25, 0.3) is 0 Å². The van der Waals surface area contributed by atoms with Crippen molar-refractivity contribution in [2.24, 2.45) is 16.1 Å². The van der Waals surface area contributed by atoms with Gasteiger partial charge >= 0.3 is 0 Å². The van der Waals surface area contributed by atoms with E-state index < -0.39 is 0 Å². The largest absolute Gasteiger partial charge is 0.289 e. The maximum atomic E-state index is 12.9. The van der Waals surface area contributed by atoms with E-state index in [0.29, 0.717) is 17.3 Å². The van der Waals surface area contributed by atoms with Crippen molar-refractivity contribution < 1.29 is 4.79 Å². The number of azide groups is 2. The summed E-state index contributed by atoms with van der Waals surface area (Å²) >= 11 is 0. The lowest BCUT2D eigenvalue weighted by molar-refractivity contribution is -0.113. The molecule has 0 amide bonds. The van der Waals surface area contributed by atoms with Crippen LogP contribution in [0.15, 0.2) is 94.2 Å². The van der Waals surface area contributed by atoms with Crippen molar-refractivity contribution in [3.05, 3.63) is 116 Å². The molecule has 2 aromatic rings. The summed E-state index contributed by atoms with van der Waals surface area (Å²) in [6.07, 6.45) is 12.9. The number of nitrogens with zero attached hydrogens (tertiary/aromatic N) is 6. The van der Waals surface area contributed by atoms with E-state index in [1.807, 2.05) is 60.7 Å². The highest BCUT2D eigenvalue weighted by Gasteiger charge is 2.24. The van der Waals surface area contributed by atoms with Crippen LogP contribution in [-0.2, 0) is 4.79 Å². The van der Waals surface area contributed by atoms with Crippen molar-refractivity contribution >= 4 is 29.3 Å². The third-order valence-corrected chi connectivity index (χ3v) is 5.00. The highest BCUT2D eigenvalue weighted by molar-refractivity contribution is 6.09. The number of hydrogen-bond donors (Lipinski definition) is 0. The Morgan fingerprint density at radius 1 is 0.781 bits per heavy atom. The van der Waals surface area contributed by atoms with E-state index in [9.17, 15) is 4.79 Å². The minimum absolute atomic E-state index is 0.0785. The van der Waals surface area contributed by atoms with Crippen molar-refractivity contribution in [2.75, 3.05) is 0 Å². The van der Waals surface area contributed by atoms with E-state index in [1.54, 1.807) is 24.3 Å². The number of Topliss-reactive ketones (excluding diaryl/α,β-unsaturated/α-hetero) is 1. The number of rotatable bonds is 6. The molecule has 0 atom stereocenters. The predicted octanol–water partition coefficient (Wildman–Crippen LogP) is 8.15. The summed E-state index contributed by atoms with van der Waals surface area (Å²) in [6.45, 7) is 2.14. The number of ketones is 1. The molecule has 1 aliphatic rings. The molecule has 0 radical (unpaired) electrons. The van der Waals surface area contributed by atoms with Crippen LogP contribution in [-0.4, -0.2) is 5.78 Å². The van der Waals surface area contributed by atoms with Crippen LogP contribution >= 0.6 is 0 Å². The second-order valence-corrected chi connectivity index (χ2v) is 7.51. The van der Waals surface area contributed by atoms with Gasteiger partial charge in [-0.2, -0.15) is 0 Å². The van der Waals surface area contributed by atoms with Gasteiger partial charge in [-0.05, 0) is 40.9 Å². The Balaban J connectivity index is 1.70. The zero-order valence-corrected chi connectivity index (χ0v) is 17.7. The van der Waals surface area contributed by atoms with Gasteiger partial charge in [0.2, 0.25) is 0 Å². The fraction of sp³-hybridized carbons (Fsp3) is 0.160. The lowest BCUT2D eigenvalue weighted by atomic mass is 9.81. The fourth-order valence-corrected chi connectivity index (χ4v) is 3.46. The average molecular weight is 422 g/mol. The van der Waals surface area contributed by atoms with Gasteiger partial charge < -0.3 is 0 Å². The number of benzene rings is 2. The Kier molecular flexibility index (Phi) is 7.82. The summed E-state index contributed by atoms with van der Waals surface area (Å²) in [6, 6.07) is 14.4. The first-order chi connectivity index (χ1) is 15.6. The van der Waals surface area contributed by atoms with Crippen LogP contribution in [0, 0.1) is 5.92 Å². The van der Waals surface area contributed by atoms with Crippen molar-refractivity contribution in [1.29, 1.82) is 0 Å². The van der Waals surface area contributed by atoms with Crippen LogP contribution in [0.25, 0.3) is 33.0 Å². The highest BCUT2D eigenvalue weighted by Crippen LogP contribution is 2.30. The molecule has 0 N–H and O–H groups in total. The molecule has 3 rings (SSSR count). The lowest BCUT2D eigenvalue weighted by Gasteiger charge is -2.21. The van der Waals surface area contributed by atoms with Crippen LogP contribution in [0.4, 0.5) is 11.4 Å². The summed E-state index contributed by atoms with van der Waals surface area (Å²) in [4.78, 5) is 18.4. The van der Waals surface area contributed by atoms with E-state index in [-0.39, 0.29) is 5.78 Å². The molecule has 32 heavy (non-hydrogen) atoms. The van der Waals surface area contributed by atoms with Gasteiger partial charge in [-0.1, -0.05) is 102 Å². The third-order valence-electron chi connectivity index (χ3n) is 5.00. The molecular weight excluding hydrogens is 400 g/mol. The molecule has 0 unspecified atom stereocenters. The summed E-state index contributed by atoms with van der Waals surface area (Å²) in [5.74, 6) is 0.466. The molecule has 0 saturated heterocycles. The van der Waals surface area contributed by atoms with E-state index in [2.05, 4.69) is 27.0 Å². The lowest BCUT2D eigenvalue weighted by Crippen LogP contribution is -2.18. The standard InChI is InChI=1S/C25H22N6O/c1-18-16-21(6-2-4-19-8-12-23(13-9-19)28-30-26)25(32)22(17-18)7-3-5-20-10-14-24(15-11-20)29-31-27/h2-15,18H,16-17H2,1H3. The first kappa shape index (κ1) is 22.4. The molecule has 7 heteroatoms. The van der Waals surface area contributed by atoms with Crippen LogP contribution in [0.2, 0.25) is 0 Å². The third kappa shape index (κ3) is 6.34. The maximum Gasteiger partial charge on any atom is 0.185 e. The average Bonchev–Trinajstić information content (AvgIpc) is 2.79. The molecule has 0 aliphatic heterocycles. The van der Waals surface area contributed by atoms with E-state index >= 15 is 0 Å². The van der Waals surface area contributed by atoms with Gasteiger partial charge in [0.05, 0.1) is 0 Å². The Labute approximate surface area is 186 Å². The van der Waals surface area contributed by atoms with Crippen LogP contribution in [0.5, 0.6) is 0 Å². The zero-order chi connectivity index (χ0) is 22.8. The van der Waals surface area contributed by atoms with Crippen molar-refractivity contribution in [3.63, 3.8) is 0 Å². The maximum absolute atomic E-state index is 12.9. The number of hydrogen-bond acceptors (Lipinski definition) is 3. The van der Waals surface area contributed by atoms with E-state index in [1.165, 1.54) is 0 Å². The van der Waals surface area contributed by atoms with Gasteiger partial charge in [-0.3, -0.25) is 4.79 Å². The van der Waals surface area contributed by atoms with E-state index in [0.717, 1.165) is 35.1 Å². The van der Waals surface area contributed by atoms with Gasteiger partial charge in [0.15, 0.2) is 5.78 Å². The molecule has 0 bridgehead atoms. The molecule has 1 saturated carbocycles. The zero-order valence-electron chi connectivity index (χ0n) is 17.7. The van der Waals surface area contributed by atoms with Crippen LogP contribution in [0.1, 0.15) is 30.9 Å². The first-order valence-electron chi connectivity index (χ1n) is 10.2. The Morgan fingerprint density at radius 2 is 1.19 bits per heavy atom. The molecular formula is C25H22N6O. The molecule has 1 aliphatic carbocycles. The van der Waals surface area contributed by atoms with Gasteiger partial charge in [-0.15, -0.1) is 0 Å². The minimum atomic E-state index is 0.0785. The topological polar surface area (TPSA) is 115 Å². The smallest absolute Gasteiger partial charge is 0.185 e. The van der Waals surface area contributed by atoms with Crippen LogP contribution in [0.3, 0.4) is 0 Å². The Morgan fingerprint density at radius 3 is 1.56 bits per heavy atom. The van der Waals surface area contributed by atoms with Crippen LogP contribution < -0.4 is 0 Å². The first-order valence-corrected chi connectivity index (χ1v) is 10.2. The quantitative estimate of drug-likeness (QED) is 0.199. The monoisotopic (exact) mass is 422 g/mol. The van der Waals surface area contributed by atoms with Gasteiger partial charge in [-0.25, -0.2) is 0 Å². The molecule has 0 heterocycles. The highest BCUT2D eigenvalue weighted by atomic mass is 16.1. The Bertz CT molecular complexity index is 1100. The molecule has 1 fully saturated rings. The van der Waals surface area contributed by atoms with Crippen molar-refractivity contribution in [3.8, 4) is 0 Å². The summed E-state index contributed by atoms with van der Waals surface area (Å²) in [5, 5.41) is 7.11.